The molecule has 0 unspecified atom stereocenters. The number of amides is 2. The van der Waals surface area contributed by atoms with Crippen LogP contribution in [-0.2, 0) is 5.54 Å². The number of nitrogens with zero attached hydrogens (tertiary/aromatic N) is 5. The highest BCUT2D eigenvalue weighted by Gasteiger charge is 2.46. The molecule has 2 aliphatic rings. The monoisotopic (exact) mass is 636 g/mol. The van der Waals surface area contributed by atoms with Gasteiger partial charge in [0, 0.05) is 23.5 Å². The second-order valence-electron chi connectivity index (χ2n) is 11.1. The summed E-state index contributed by atoms with van der Waals surface area (Å²) in [7, 11) is 1.65. The maximum absolute atomic E-state index is 13.2. The third kappa shape index (κ3) is 6.77. The van der Waals surface area contributed by atoms with Gasteiger partial charge in [0.1, 0.15) is 17.8 Å². The molecule has 2 fully saturated rings. The van der Waals surface area contributed by atoms with E-state index in [9.17, 15) is 18.0 Å². The molecule has 4 aromatic rings. The molecule has 9 nitrogen and oxygen atoms in total. The second-order valence-corrected chi connectivity index (χ2v) is 12.2. The average Bonchev–Trinajstić information content (AvgIpc) is 3.39. The zero-order valence-electron chi connectivity index (χ0n) is 24.8. The number of carbonyl (C=O) groups is 1. The number of aromatic nitrogens is 3. The number of hydrogen-bond donors (Lipinski definition) is 1. The largest absolute Gasteiger partial charge is 0.573 e. The number of benzene rings is 3. The van der Waals surface area contributed by atoms with E-state index >= 15 is 0 Å². The molecule has 45 heavy (non-hydrogen) atoms. The quantitative estimate of drug-likeness (QED) is 0.217. The Kier molecular flexibility index (Phi) is 8.21. The predicted octanol–water partition coefficient (Wildman–Crippen LogP) is 7.27. The van der Waals surface area contributed by atoms with Crippen molar-refractivity contribution in [3.8, 4) is 28.6 Å². The lowest BCUT2D eigenvalue weighted by Crippen LogP contribution is -2.34. The Morgan fingerprint density at radius 3 is 2.40 bits per heavy atom. The summed E-state index contributed by atoms with van der Waals surface area (Å²) in [6, 6.07) is 18.7. The molecule has 1 saturated carbocycles. The summed E-state index contributed by atoms with van der Waals surface area (Å²) in [5.74, 6) is 2.04. The third-order valence-electron chi connectivity index (χ3n) is 7.74. The lowest BCUT2D eigenvalue weighted by Gasteiger charge is -2.24. The molecule has 0 atom stereocenters. The summed E-state index contributed by atoms with van der Waals surface area (Å²) in [5.41, 5.74) is 3.94. The molecule has 1 aromatic heterocycles. The van der Waals surface area contributed by atoms with Gasteiger partial charge in [-0.25, -0.2) is 14.5 Å². The number of urea groups is 1. The van der Waals surface area contributed by atoms with Crippen molar-refractivity contribution >= 4 is 28.6 Å². The number of methoxy groups -OCH3 is 1. The molecule has 2 heterocycles. The number of rotatable bonds is 8. The Bertz CT molecular complexity index is 1720. The SMILES string of the molecule is COc1ccc(N2CCSC2=NC(=O)NC2(c3ccc(-c4ncn(-c5ccc(OC(F)(F)F)cc5)n4)cc3)CC2)c(C(C)C)c1. The number of anilines is 1. The van der Waals surface area contributed by atoms with E-state index in [0.29, 0.717) is 16.7 Å². The van der Waals surface area contributed by atoms with Gasteiger partial charge >= 0.3 is 12.4 Å². The Morgan fingerprint density at radius 1 is 1.04 bits per heavy atom. The van der Waals surface area contributed by atoms with Crippen molar-refractivity contribution in [2.75, 3.05) is 24.3 Å². The van der Waals surface area contributed by atoms with Gasteiger partial charge in [-0.2, -0.15) is 4.99 Å². The molecule has 234 valence electrons. The first-order valence-electron chi connectivity index (χ1n) is 14.4. The summed E-state index contributed by atoms with van der Waals surface area (Å²) in [4.78, 5) is 24.1. The fourth-order valence-electron chi connectivity index (χ4n) is 5.27. The van der Waals surface area contributed by atoms with Gasteiger partial charge in [0.15, 0.2) is 11.0 Å². The summed E-state index contributed by atoms with van der Waals surface area (Å²) in [6.45, 7) is 5.03. The van der Waals surface area contributed by atoms with Crippen LogP contribution in [0.3, 0.4) is 0 Å². The minimum atomic E-state index is -4.75. The Hall–Kier alpha value is -4.52. The molecule has 1 aliphatic carbocycles. The van der Waals surface area contributed by atoms with Crippen molar-refractivity contribution in [2.45, 2.75) is 44.5 Å². The molecule has 6 rings (SSSR count). The third-order valence-corrected chi connectivity index (χ3v) is 8.70. The van der Waals surface area contributed by atoms with Crippen LogP contribution in [0.4, 0.5) is 23.7 Å². The normalized spacial score (nSPS) is 16.7. The van der Waals surface area contributed by atoms with Crippen LogP contribution in [-0.4, -0.2) is 51.7 Å². The van der Waals surface area contributed by atoms with E-state index in [1.807, 2.05) is 42.5 Å². The molecule has 1 N–H and O–H groups in total. The maximum Gasteiger partial charge on any atom is 0.573 e. The van der Waals surface area contributed by atoms with Crippen molar-refractivity contribution in [3.05, 3.63) is 84.2 Å². The fraction of sp³-hybridized carbons (Fsp3) is 0.312. The molecule has 3 aromatic carbocycles. The van der Waals surface area contributed by atoms with Gasteiger partial charge in [-0.3, -0.25) is 0 Å². The number of thioether (sulfide) groups is 1. The van der Waals surface area contributed by atoms with Gasteiger partial charge < -0.3 is 19.7 Å². The highest BCUT2D eigenvalue weighted by Crippen LogP contribution is 2.46. The maximum atomic E-state index is 13.2. The molecule has 1 aliphatic heterocycles. The van der Waals surface area contributed by atoms with Crippen LogP contribution in [0.5, 0.6) is 11.5 Å². The Morgan fingerprint density at radius 2 is 1.76 bits per heavy atom. The minimum absolute atomic E-state index is 0.269. The summed E-state index contributed by atoms with van der Waals surface area (Å²) in [6.07, 6.45) is -1.66. The molecule has 2 amide bonds. The van der Waals surface area contributed by atoms with Crippen LogP contribution in [0.1, 0.15) is 43.7 Å². The fourth-order valence-corrected chi connectivity index (χ4v) is 6.22. The molecule has 0 spiro atoms. The predicted molar refractivity (Wildman–Crippen MR) is 167 cm³/mol. The Balaban J connectivity index is 1.13. The highest BCUT2D eigenvalue weighted by molar-refractivity contribution is 8.14. The zero-order chi connectivity index (χ0) is 31.8. The summed E-state index contributed by atoms with van der Waals surface area (Å²) >= 11 is 1.57. The number of hydrogen-bond acceptors (Lipinski definition) is 6. The number of aliphatic imine (C=N–C) groups is 1. The smallest absolute Gasteiger partial charge is 0.497 e. The summed E-state index contributed by atoms with van der Waals surface area (Å²) in [5, 5.41) is 8.28. The van der Waals surface area contributed by atoms with E-state index in [-0.39, 0.29) is 17.7 Å². The van der Waals surface area contributed by atoms with E-state index < -0.39 is 11.9 Å². The van der Waals surface area contributed by atoms with Crippen LogP contribution in [0.15, 0.2) is 78.0 Å². The first kappa shape index (κ1) is 30.5. The van der Waals surface area contributed by atoms with E-state index in [1.165, 1.54) is 35.3 Å². The van der Waals surface area contributed by atoms with Crippen molar-refractivity contribution in [2.24, 2.45) is 4.99 Å². The van der Waals surface area contributed by atoms with Gasteiger partial charge in [0.25, 0.3) is 0 Å². The zero-order valence-corrected chi connectivity index (χ0v) is 25.7. The van der Waals surface area contributed by atoms with Gasteiger partial charge in [-0.05, 0) is 72.4 Å². The van der Waals surface area contributed by atoms with Gasteiger partial charge in [0.05, 0.1) is 18.3 Å². The molecule has 13 heteroatoms. The molecular weight excluding hydrogens is 605 g/mol. The van der Waals surface area contributed by atoms with Crippen molar-refractivity contribution < 1.29 is 27.4 Å². The van der Waals surface area contributed by atoms with Crippen molar-refractivity contribution in [1.82, 2.24) is 20.1 Å². The van der Waals surface area contributed by atoms with Gasteiger partial charge in [-0.1, -0.05) is 49.9 Å². The first-order chi connectivity index (χ1) is 21.5. The number of ether oxygens (including phenoxy) is 2. The van der Waals surface area contributed by atoms with E-state index in [0.717, 1.165) is 53.3 Å². The molecule has 1 saturated heterocycles. The van der Waals surface area contributed by atoms with E-state index in [4.69, 9.17) is 4.74 Å². The van der Waals surface area contributed by atoms with Gasteiger partial charge in [-0.15, -0.1) is 18.3 Å². The highest BCUT2D eigenvalue weighted by atomic mass is 32.2. The van der Waals surface area contributed by atoms with E-state index in [1.54, 1.807) is 18.9 Å². The number of alkyl halides is 3. The number of carbonyl (C=O) groups excluding carboxylic acids is 1. The minimum Gasteiger partial charge on any atom is -0.497 e. The average molecular weight is 637 g/mol. The van der Waals surface area contributed by atoms with Crippen molar-refractivity contribution in [3.63, 3.8) is 0 Å². The van der Waals surface area contributed by atoms with Crippen LogP contribution < -0.4 is 19.7 Å². The van der Waals surface area contributed by atoms with Crippen LogP contribution in [0.2, 0.25) is 0 Å². The Labute approximate surface area is 262 Å². The van der Waals surface area contributed by atoms with E-state index in [2.05, 4.69) is 43.9 Å². The van der Waals surface area contributed by atoms with Crippen LogP contribution >= 0.6 is 11.8 Å². The first-order valence-corrected chi connectivity index (χ1v) is 15.4. The van der Waals surface area contributed by atoms with Crippen molar-refractivity contribution in [1.29, 1.82) is 0 Å². The standard InChI is InChI=1S/C32H31F3N6O3S/c1-20(2)26-18-25(43-3)12-13-27(26)40-16-17-45-30(40)37-29(42)38-31(14-15-31)22-6-4-21(5-7-22)28-36-19-41(39-28)23-8-10-24(11-9-23)44-32(33,34)35/h4-13,18-20H,14-17H2,1-3H3,(H,38,42). The van der Waals surface area contributed by atoms with Gasteiger partial charge in [0.2, 0.25) is 0 Å². The molecule has 0 radical (unpaired) electrons. The number of halogens is 3. The van der Waals surface area contributed by atoms with Crippen LogP contribution in [0, 0.1) is 0 Å². The molecular formula is C32H31F3N6O3S. The lowest BCUT2D eigenvalue weighted by molar-refractivity contribution is -0.274. The number of amidine groups is 1. The summed E-state index contributed by atoms with van der Waals surface area (Å²) < 4.78 is 48.2. The lowest BCUT2D eigenvalue weighted by atomic mass is 10.00. The number of nitrogens with one attached hydrogen (secondary N) is 1. The second kappa shape index (κ2) is 12.1. The topological polar surface area (TPSA) is 93.9 Å². The van der Waals surface area contributed by atoms with Crippen LogP contribution in [0.25, 0.3) is 17.1 Å². The molecule has 0 bridgehead atoms.